The van der Waals surface area contributed by atoms with Crippen LogP contribution in [0.15, 0.2) is 67.0 Å². The van der Waals surface area contributed by atoms with Gasteiger partial charge in [-0.2, -0.15) is 0 Å². The first kappa shape index (κ1) is 19.3. The second kappa shape index (κ2) is 8.53. The molecule has 0 unspecified atom stereocenters. The Labute approximate surface area is 172 Å². The molecule has 5 nitrogen and oxygen atoms in total. The highest BCUT2D eigenvalue weighted by atomic mass is 16.1. The van der Waals surface area contributed by atoms with Gasteiger partial charge in [0.25, 0.3) is 5.91 Å². The molecule has 4 rings (SSSR count). The molecule has 1 aromatic heterocycles. The highest BCUT2D eigenvalue weighted by molar-refractivity contribution is 6.04. The largest absolute Gasteiger partial charge is 0.369 e. The van der Waals surface area contributed by atoms with Crippen molar-refractivity contribution in [3.05, 3.63) is 78.1 Å². The number of aromatic nitrogens is 1. The van der Waals surface area contributed by atoms with E-state index >= 15 is 0 Å². The van der Waals surface area contributed by atoms with E-state index in [4.69, 9.17) is 0 Å². The van der Waals surface area contributed by atoms with Crippen LogP contribution in [-0.2, 0) is 0 Å². The summed E-state index contributed by atoms with van der Waals surface area (Å²) in [5.74, 6) is -0.0866. The maximum absolute atomic E-state index is 12.7. The molecule has 150 valence electrons. The Balaban J connectivity index is 1.42. The summed E-state index contributed by atoms with van der Waals surface area (Å²) < 4.78 is 2.02. The van der Waals surface area contributed by atoms with Gasteiger partial charge in [-0.1, -0.05) is 6.92 Å². The van der Waals surface area contributed by atoms with Crippen LogP contribution < -0.4 is 10.2 Å². The fraction of sp³-hybridized carbons (Fsp3) is 0.292. The quantitative estimate of drug-likeness (QED) is 0.713. The Morgan fingerprint density at radius 2 is 1.59 bits per heavy atom. The number of benzene rings is 2. The van der Waals surface area contributed by atoms with Gasteiger partial charge in [-0.25, -0.2) is 0 Å². The van der Waals surface area contributed by atoms with Crippen molar-refractivity contribution >= 4 is 17.3 Å². The smallest absolute Gasteiger partial charge is 0.255 e. The zero-order valence-electron chi connectivity index (χ0n) is 17.1. The lowest BCUT2D eigenvalue weighted by atomic mass is 10.1. The van der Waals surface area contributed by atoms with E-state index in [2.05, 4.69) is 41.1 Å². The summed E-state index contributed by atoms with van der Waals surface area (Å²) in [5, 5.41) is 3.05. The molecule has 1 amide bonds. The number of nitrogens with zero attached hydrogens (tertiary/aromatic N) is 3. The van der Waals surface area contributed by atoms with E-state index in [0.29, 0.717) is 5.56 Å². The molecule has 0 radical (unpaired) electrons. The van der Waals surface area contributed by atoms with Gasteiger partial charge >= 0.3 is 0 Å². The number of amides is 1. The van der Waals surface area contributed by atoms with Crippen molar-refractivity contribution in [2.75, 3.05) is 42.9 Å². The number of piperazine rings is 1. The molecule has 0 aliphatic carbocycles. The van der Waals surface area contributed by atoms with Gasteiger partial charge in [0.05, 0.1) is 0 Å². The number of anilines is 2. The number of hydrogen-bond donors (Lipinski definition) is 1. The first-order valence-corrected chi connectivity index (χ1v) is 10.3. The predicted octanol–water partition coefficient (Wildman–Crippen LogP) is 4.18. The van der Waals surface area contributed by atoms with Gasteiger partial charge in [-0.15, -0.1) is 0 Å². The maximum atomic E-state index is 12.7. The Kier molecular flexibility index (Phi) is 5.67. The van der Waals surface area contributed by atoms with E-state index in [0.717, 1.165) is 49.7 Å². The molecule has 1 N–H and O–H groups in total. The van der Waals surface area contributed by atoms with E-state index in [1.165, 1.54) is 5.69 Å². The minimum absolute atomic E-state index is 0.0866. The van der Waals surface area contributed by atoms with Gasteiger partial charge in [0.2, 0.25) is 0 Å². The predicted molar refractivity (Wildman–Crippen MR) is 119 cm³/mol. The van der Waals surface area contributed by atoms with Crippen molar-refractivity contribution in [2.24, 2.45) is 0 Å². The standard InChI is InChI=1S/C24H28N4O/c1-3-26-14-16-28(17-15-26)22-10-11-23(19(2)18-22)25-24(29)20-6-8-21(9-7-20)27-12-4-5-13-27/h4-13,18H,3,14-17H2,1-2H3,(H,25,29). The minimum Gasteiger partial charge on any atom is -0.369 e. The first-order valence-electron chi connectivity index (χ1n) is 10.3. The van der Waals surface area contributed by atoms with Gasteiger partial charge in [0.1, 0.15) is 0 Å². The van der Waals surface area contributed by atoms with Crippen molar-refractivity contribution in [3.8, 4) is 5.69 Å². The van der Waals surface area contributed by atoms with Crippen LogP contribution in [0.25, 0.3) is 5.69 Å². The molecule has 0 saturated carbocycles. The maximum Gasteiger partial charge on any atom is 0.255 e. The van der Waals surface area contributed by atoms with Crippen LogP contribution in [0.4, 0.5) is 11.4 Å². The summed E-state index contributed by atoms with van der Waals surface area (Å²) in [6.45, 7) is 9.69. The molecule has 1 fully saturated rings. The summed E-state index contributed by atoms with van der Waals surface area (Å²) in [7, 11) is 0. The number of rotatable bonds is 5. The van der Waals surface area contributed by atoms with E-state index in [9.17, 15) is 4.79 Å². The zero-order chi connectivity index (χ0) is 20.2. The van der Waals surface area contributed by atoms with Crippen LogP contribution >= 0.6 is 0 Å². The van der Waals surface area contributed by atoms with Crippen LogP contribution in [0.1, 0.15) is 22.8 Å². The van der Waals surface area contributed by atoms with Crippen molar-refractivity contribution in [1.82, 2.24) is 9.47 Å². The number of carbonyl (C=O) groups excluding carboxylic acids is 1. The van der Waals surface area contributed by atoms with Crippen LogP contribution in [0.2, 0.25) is 0 Å². The average Bonchev–Trinajstić information content (AvgIpc) is 3.30. The SMILES string of the molecule is CCN1CCN(c2ccc(NC(=O)c3ccc(-n4cccc4)cc3)c(C)c2)CC1. The Morgan fingerprint density at radius 3 is 2.21 bits per heavy atom. The molecule has 1 saturated heterocycles. The summed E-state index contributed by atoms with van der Waals surface area (Å²) in [5.41, 5.74) is 4.86. The lowest BCUT2D eigenvalue weighted by molar-refractivity contribution is 0.102. The number of hydrogen-bond acceptors (Lipinski definition) is 3. The van der Waals surface area contributed by atoms with Crippen molar-refractivity contribution < 1.29 is 4.79 Å². The molecule has 29 heavy (non-hydrogen) atoms. The Bertz CT molecular complexity index is 955. The molecule has 5 heteroatoms. The second-order valence-corrected chi connectivity index (χ2v) is 7.51. The highest BCUT2D eigenvalue weighted by Crippen LogP contribution is 2.24. The summed E-state index contributed by atoms with van der Waals surface area (Å²) >= 11 is 0. The lowest BCUT2D eigenvalue weighted by Crippen LogP contribution is -2.46. The Morgan fingerprint density at radius 1 is 0.931 bits per heavy atom. The van der Waals surface area contributed by atoms with Crippen molar-refractivity contribution in [2.45, 2.75) is 13.8 Å². The number of likely N-dealkylation sites (N-methyl/N-ethyl adjacent to an activating group) is 1. The number of aryl methyl sites for hydroxylation is 1. The van der Waals surface area contributed by atoms with Gasteiger partial charge in [-0.3, -0.25) is 4.79 Å². The van der Waals surface area contributed by atoms with Crippen LogP contribution in [0, 0.1) is 6.92 Å². The fourth-order valence-electron chi connectivity index (χ4n) is 3.79. The Hall–Kier alpha value is -3.05. The number of carbonyl (C=O) groups is 1. The lowest BCUT2D eigenvalue weighted by Gasteiger charge is -2.35. The van der Waals surface area contributed by atoms with Crippen LogP contribution in [-0.4, -0.2) is 48.1 Å². The molecule has 3 aromatic rings. The molecular weight excluding hydrogens is 360 g/mol. The minimum atomic E-state index is -0.0866. The van der Waals surface area contributed by atoms with E-state index in [1.807, 2.05) is 59.4 Å². The zero-order valence-corrected chi connectivity index (χ0v) is 17.1. The second-order valence-electron chi connectivity index (χ2n) is 7.51. The molecule has 1 aliphatic heterocycles. The summed E-state index contributed by atoms with van der Waals surface area (Å²) in [4.78, 5) is 17.6. The molecule has 2 aromatic carbocycles. The molecule has 1 aliphatic rings. The third kappa shape index (κ3) is 4.35. The normalized spacial score (nSPS) is 14.8. The topological polar surface area (TPSA) is 40.5 Å². The third-order valence-electron chi connectivity index (χ3n) is 5.67. The van der Waals surface area contributed by atoms with Gasteiger partial charge in [-0.05, 0) is 73.6 Å². The molecule has 2 heterocycles. The van der Waals surface area contributed by atoms with Crippen molar-refractivity contribution in [1.29, 1.82) is 0 Å². The van der Waals surface area contributed by atoms with Crippen LogP contribution in [0.3, 0.4) is 0 Å². The van der Waals surface area contributed by atoms with Gasteiger partial charge in [0, 0.05) is 61.2 Å². The monoisotopic (exact) mass is 388 g/mol. The molecular formula is C24H28N4O. The third-order valence-corrected chi connectivity index (χ3v) is 5.67. The highest BCUT2D eigenvalue weighted by Gasteiger charge is 2.17. The summed E-state index contributed by atoms with van der Waals surface area (Å²) in [6, 6.07) is 17.9. The number of nitrogens with one attached hydrogen (secondary N) is 1. The van der Waals surface area contributed by atoms with E-state index in [-0.39, 0.29) is 5.91 Å². The molecule has 0 bridgehead atoms. The fourth-order valence-corrected chi connectivity index (χ4v) is 3.79. The molecule has 0 spiro atoms. The van der Waals surface area contributed by atoms with E-state index < -0.39 is 0 Å². The van der Waals surface area contributed by atoms with Gasteiger partial charge < -0.3 is 19.7 Å². The first-order chi connectivity index (χ1) is 14.1. The van der Waals surface area contributed by atoms with E-state index in [1.54, 1.807) is 0 Å². The summed E-state index contributed by atoms with van der Waals surface area (Å²) in [6.07, 6.45) is 3.98. The molecule has 0 atom stereocenters. The van der Waals surface area contributed by atoms with Crippen molar-refractivity contribution in [3.63, 3.8) is 0 Å². The van der Waals surface area contributed by atoms with Crippen LogP contribution in [0.5, 0.6) is 0 Å². The van der Waals surface area contributed by atoms with Gasteiger partial charge in [0.15, 0.2) is 0 Å². The average molecular weight is 389 g/mol.